The van der Waals surface area contributed by atoms with Gasteiger partial charge in [-0.3, -0.25) is 29.8 Å². The average molecular weight is 527 g/mol. The fourth-order valence-electron chi connectivity index (χ4n) is 6.82. The van der Waals surface area contributed by atoms with Crippen molar-refractivity contribution < 1.29 is 37.4 Å². The summed E-state index contributed by atoms with van der Waals surface area (Å²) in [6, 6.07) is 9.25. The Balaban J connectivity index is 1.69. The van der Waals surface area contributed by atoms with E-state index < -0.39 is 82.0 Å². The minimum absolute atomic E-state index is 0.404. The topological polar surface area (TPSA) is 111 Å². The van der Waals surface area contributed by atoms with E-state index in [4.69, 9.17) is 9.47 Å². The van der Waals surface area contributed by atoms with Gasteiger partial charge in [-0.1, -0.05) is 24.3 Å². The van der Waals surface area contributed by atoms with Crippen molar-refractivity contribution in [3.05, 3.63) is 71.3 Å². The second kappa shape index (κ2) is 9.06. The van der Waals surface area contributed by atoms with Gasteiger partial charge in [0, 0.05) is 23.9 Å². The van der Waals surface area contributed by atoms with Crippen molar-refractivity contribution in [3.8, 4) is 0 Å². The summed E-state index contributed by atoms with van der Waals surface area (Å²) in [4.78, 5) is 55.0. The van der Waals surface area contributed by atoms with Gasteiger partial charge in [-0.15, -0.1) is 0 Å². The summed E-state index contributed by atoms with van der Waals surface area (Å²) in [5, 5.41) is 6.31. The number of carbonyl (C=O) groups excluding carboxylic acids is 4. The normalized spacial score (nSPS) is 35.9. The molecule has 8 nitrogen and oxygen atoms in total. The van der Waals surface area contributed by atoms with Crippen LogP contribution in [0.2, 0.25) is 0 Å². The van der Waals surface area contributed by atoms with Crippen LogP contribution in [0.25, 0.3) is 0 Å². The Morgan fingerprint density at radius 3 is 1.29 bits per heavy atom. The number of rotatable bonds is 4. The highest BCUT2D eigenvalue weighted by Crippen LogP contribution is 2.57. The zero-order valence-electron chi connectivity index (χ0n) is 21.3. The minimum Gasteiger partial charge on any atom is -0.468 e. The molecule has 1 aliphatic carbocycles. The zero-order valence-corrected chi connectivity index (χ0v) is 21.3. The van der Waals surface area contributed by atoms with Gasteiger partial charge in [0.25, 0.3) is 0 Å². The number of hydrogen-bond acceptors (Lipinski definition) is 8. The number of halogens is 2. The Morgan fingerprint density at radius 2 is 1.00 bits per heavy atom. The second-order valence-electron chi connectivity index (χ2n) is 10.5. The summed E-state index contributed by atoms with van der Waals surface area (Å²) in [5.41, 5.74) is -2.13. The lowest BCUT2D eigenvalue weighted by molar-refractivity contribution is -0.160. The molecule has 0 amide bonds. The maximum absolute atomic E-state index is 14.4. The lowest BCUT2D eigenvalue weighted by Crippen LogP contribution is -2.60. The highest BCUT2D eigenvalue weighted by atomic mass is 19.1. The largest absolute Gasteiger partial charge is 0.468 e. The molecule has 0 aromatic heterocycles. The Labute approximate surface area is 218 Å². The van der Waals surface area contributed by atoms with Gasteiger partial charge in [-0.2, -0.15) is 0 Å². The van der Waals surface area contributed by atoms with Gasteiger partial charge in [0.1, 0.15) is 34.3 Å². The SMILES string of the molecule is COC(=O)[C@]1(C)N[C@H](c2ccc(F)cc2)[C@@H]2C(=O)[C@@H]3[C@H](C(=O)[C@@H]21)[C@H](c1ccc(F)cc1)N[C@]3(C)C(=O)OC. The van der Waals surface area contributed by atoms with Gasteiger partial charge in [-0.25, -0.2) is 8.78 Å². The predicted molar refractivity (Wildman–Crippen MR) is 129 cm³/mol. The fourth-order valence-corrected chi connectivity index (χ4v) is 6.82. The molecule has 3 aliphatic rings. The lowest BCUT2D eigenvalue weighted by atomic mass is 9.58. The van der Waals surface area contributed by atoms with Crippen LogP contribution in [0.1, 0.15) is 37.1 Å². The third-order valence-corrected chi connectivity index (χ3v) is 8.54. The van der Waals surface area contributed by atoms with E-state index >= 15 is 0 Å². The number of benzene rings is 2. The van der Waals surface area contributed by atoms with E-state index in [0.717, 1.165) is 0 Å². The first-order valence-electron chi connectivity index (χ1n) is 12.3. The van der Waals surface area contributed by atoms with Crippen molar-refractivity contribution in [1.29, 1.82) is 0 Å². The highest BCUT2D eigenvalue weighted by Gasteiger charge is 2.72. The molecule has 3 fully saturated rings. The number of esters is 2. The van der Waals surface area contributed by atoms with Crippen molar-refractivity contribution in [2.24, 2.45) is 23.7 Å². The second-order valence-corrected chi connectivity index (χ2v) is 10.5. The van der Waals surface area contributed by atoms with E-state index in [0.29, 0.717) is 11.1 Å². The van der Waals surface area contributed by atoms with Gasteiger partial charge >= 0.3 is 11.9 Å². The first kappa shape index (κ1) is 26.1. The molecule has 2 N–H and O–H groups in total. The quantitative estimate of drug-likeness (QED) is 0.585. The summed E-state index contributed by atoms with van der Waals surface area (Å²) in [7, 11) is 2.39. The van der Waals surface area contributed by atoms with E-state index in [2.05, 4.69) is 10.6 Å². The van der Waals surface area contributed by atoms with Gasteiger partial charge in [0.15, 0.2) is 0 Å². The number of methoxy groups -OCH3 is 2. The molecule has 0 radical (unpaired) electrons. The molecule has 8 atom stereocenters. The van der Waals surface area contributed by atoms with Crippen LogP contribution in [0.3, 0.4) is 0 Å². The number of ether oxygens (including phenoxy) is 2. The van der Waals surface area contributed by atoms with E-state index in [1.807, 2.05) is 0 Å². The molecule has 2 heterocycles. The number of fused-ring (bicyclic) bond motifs is 2. The summed E-state index contributed by atoms with van der Waals surface area (Å²) >= 11 is 0. The van der Waals surface area contributed by atoms with E-state index in [9.17, 15) is 28.0 Å². The fraction of sp³-hybridized carbons (Fsp3) is 0.429. The minimum atomic E-state index is -1.58. The number of ketones is 2. The van der Waals surface area contributed by atoms with Crippen LogP contribution in [0.15, 0.2) is 48.5 Å². The van der Waals surface area contributed by atoms with E-state index in [-0.39, 0.29) is 0 Å². The summed E-state index contributed by atoms with van der Waals surface area (Å²) in [5.74, 6) is -7.58. The summed E-state index contributed by atoms with van der Waals surface area (Å²) in [6.07, 6.45) is 0. The Bertz CT molecular complexity index is 1210. The van der Waals surface area contributed by atoms with E-state index in [1.165, 1.54) is 76.6 Å². The molecule has 1 saturated carbocycles. The monoisotopic (exact) mass is 526 g/mol. The zero-order chi connectivity index (χ0) is 27.6. The van der Waals surface area contributed by atoms with Crippen molar-refractivity contribution in [1.82, 2.24) is 10.6 Å². The molecule has 10 heteroatoms. The van der Waals surface area contributed by atoms with Crippen LogP contribution in [0, 0.1) is 35.3 Å². The number of hydrogen-bond donors (Lipinski definition) is 2. The first-order chi connectivity index (χ1) is 18.0. The number of Topliss-reactive ketones (excluding diaryl/α,β-unsaturated/α-hetero) is 2. The maximum Gasteiger partial charge on any atom is 0.326 e. The van der Waals surface area contributed by atoms with Crippen LogP contribution in [0.5, 0.6) is 0 Å². The standard InChI is InChI=1S/C28H28F2N2O6/c1-27(25(35)37-3)19-17(21(31-27)13-5-9-15(29)10-6-13)24(34)20-18(23(19)33)22(14-7-11-16(30)12-8-14)32-28(20,2)26(36)38-4/h5-12,17-22,31-32H,1-4H3/t17-,18+,19-,20+,21-,22+,27-,28+. The molecule has 2 saturated heterocycles. The van der Waals surface area contributed by atoms with Crippen molar-refractivity contribution >= 4 is 23.5 Å². The summed E-state index contributed by atoms with van der Waals surface area (Å²) in [6.45, 7) is 3.03. The molecule has 200 valence electrons. The molecule has 38 heavy (non-hydrogen) atoms. The van der Waals surface area contributed by atoms with Gasteiger partial charge in [-0.05, 0) is 49.2 Å². The van der Waals surface area contributed by atoms with Crippen LogP contribution < -0.4 is 10.6 Å². The molecule has 0 spiro atoms. The van der Waals surface area contributed by atoms with Crippen LogP contribution in [0.4, 0.5) is 8.78 Å². The molecule has 5 rings (SSSR count). The van der Waals surface area contributed by atoms with Gasteiger partial charge < -0.3 is 9.47 Å². The lowest BCUT2D eigenvalue weighted by Gasteiger charge is -2.41. The maximum atomic E-state index is 14.4. The third-order valence-electron chi connectivity index (χ3n) is 8.54. The number of nitrogens with one attached hydrogen (secondary N) is 2. The molecular formula is C28H28F2N2O6. The third kappa shape index (κ3) is 3.61. The van der Waals surface area contributed by atoms with Crippen LogP contribution >= 0.6 is 0 Å². The molecule has 2 aromatic rings. The average Bonchev–Trinajstić information content (AvgIpc) is 3.41. The van der Waals surface area contributed by atoms with Crippen molar-refractivity contribution in [3.63, 3.8) is 0 Å². The van der Waals surface area contributed by atoms with Crippen LogP contribution in [-0.4, -0.2) is 48.8 Å². The molecule has 0 unspecified atom stereocenters. The Hall–Kier alpha value is -3.50. The molecule has 2 aromatic carbocycles. The predicted octanol–water partition coefficient (Wildman–Crippen LogP) is 2.43. The van der Waals surface area contributed by atoms with Crippen LogP contribution in [-0.2, 0) is 28.7 Å². The highest BCUT2D eigenvalue weighted by molar-refractivity contribution is 6.08. The van der Waals surface area contributed by atoms with Gasteiger partial charge in [0.2, 0.25) is 0 Å². The van der Waals surface area contributed by atoms with Crippen molar-refractivity contribution in [2.45, 2.75) is 37.0 Å². The Kier molecular flexibility index (Phi) is 6.23. The number of carbonyl (C=O) groups is 4. The Morgan fingerprint density at radius 1 is 0.684 bits per heavy atom. The van der Waals surface area contributed by atoms with Crippen molar-refractivity contribution in [2.75, 3.05) is 14.2 Å². The molecule has 2 aliphatic heterocycles. The summed E-state index contributed by atoms with van der Waals surface area (Å²) < 4.78 is 37.5. The molecule has 0 bridgehead atoms. The van der Waals surface area contributed by atoms with E-state index in [1.54, 1.807) is 0 Å². The smallest absolute Gasteiger partial charge is 0.326 e. The first-order valence-corrected chi connectivity index (χ1v) is 12.3. The molecular weight excluding hydrogens is 498 g/mol. The van der Waals surface area contributed by atoms with Gasteiger partial charge in [0.05, 0.1) is 26.1 Å².